The average Bonchev–Trinajstić information content (AvgIpc) is 2.94. The Hall–Kier alpha value is -2.59. The van der Waals surface area contributed by atoms with Gasteiger partial charge in [0, 0.05) is 11.9 Å². The number of hydrogen-bond acceptors (Lipinski definition) is 4. The molecule has 1 aromatic heterocycles. The Balaban J connectivity index is 1.93. The van der Waals surface area contributed by atoms with Gasteiger partial charge >= 0.3 is 6.18 Å². The predicted molar refractivity (Wildman–Crippen MR) is 97.9 cm³/mol. The van der Waals surface area contributed by atoms with Gasteiger partial charge in [-0.15, -0.1) is 0 Å². The highest BCUT2D eigenvalue weighted by molar-refractivity contribution is 7.90. The first-order valence-electron chi connectivity index (χ1n) is 7.79. The number of fused-ring (bicyclic) bond motifs is 1. The minimum absolute atomic E-state index is 0.118. The van der Waals surface area contributed by atoms with Crippen LogP contribution in [0.2, 0.25) is 5.02 Å². The third-order valence-electron chi connectivity index (χ3n) is 3.81. The number of nitrogens with zero attached hydrogens (tertiary/aromatic N) is 2. The number of hydrogen-bond donors (Lipinski definition) is 1. The lowest BCUT2D eigenvalue weighted by Crippen LogP contribution is -2.21. The number of benzene rings is 2. The van der Waals surface area contributed by atoms with Crippen molar-refractivity contribution in [3.05, 3.63) is 53.1 Å². The first kappa shape index (κ1) is 20.2. The molecule has 6 nitrogen and oxygen atoms in total. The van der Waals surface area contributed by atoms with Gasteiger partial charge in [-0.3, -0.25) is 4.79 Å². The van der Waals surface area contributed by atoms with Crippen molar-refractivity contribution in [1.82, 2.24) is 9.55 Å². The van der Waals surface area contributed by atoms with Crippen LogP contribution in [0.4, 0.5) is 18.9 Å². The molecule has 0 aliphatic carbocycles. The maximum Gasteiger partial charge on any atom is 0.417 e. The SMILES string of the molecule is CS(=O)(=O)c1nc2ccccc2n1CC(=O)Nc1ccc(Cl)c(C(F)(F)F)c1. The zero-order valence-electron chi connectivity index (χ0n) is 14.3. The van der Waals surface area contributed by atoms with E-state index in [2.05, 4.69) is 10.3 Å². The van der Waals surface area contributed by atoms with Crippen molar-refractivity contribution in [1.29, 1.82) is 0 Å². The van der Waals surface area contributed by atoms with E-state index in [0.717, 1.165) is 12.3 Å². The molecule has 0 fully saturated rings. The normalized spacial score (nSPS) is 12.3. The average molecular weight is 432 g/mol. The van der Waals surface area contributed by atoms with E-state index in [1.54, 1.807) is 24.3 Å². The van der Waals surface area contributed by atoms with Crippen LogP contribution in [0.1, 0.15) is 5.56 Å². The fourth-order valence-electron chi connectivity index (χ4n) is 2.65. The zero-order chi connectivity index (χ0) is 20.7. The summed E-state index contributed by atoms with van der Waals surface area (Å²) in [5, 5.41) is 1.52. The number of anilines is 1. The summed E-state index contributed by atoms with van der Waals surface area (Å²) in [6, 6.07) is 9.45. The zero-order valence-corrected chi connectivity index (χ0v) is 15.9. The van der Waals surface area contributed by atoms with Crippen LogP contribution in [0.5, 0.6) is 0 Å². The van der Waals surface area contributed by atoms with E-state index in [4.69, 9.17) is 11.6 Å². The molecule has 0 unspecified atom stereocenters. The highest BCUT2D eigenvalue weighted by Crippen LogP contribution is 2.36. The lowest BCUT2D eigenvalue weighted by atomic mass is 10.2. The van der Waals surface area contributed by atoms with Crippen LogP contribution in [-0.2, 0) is 27.4 Å². The van der Waals surface area contributed by atoms with Crippen molar-refractivity contribution in [2.45, 2.75) is 17.9 Å². The number of imidazole rings is 1. The largest absolute Gasteiger partial charge is 0.417 e. The van der Waals surface area contributed by atoms with E-state index in [1.807, 2.05) is 0 Å². The number of carbonyl (C=O) groups is 1. The third kappa shape index (κ3) is 4.12. The second-order valence-electron chi connectivity index (χ2n) is 5.98. The molecule has 1 amide bonds. The molecule has 3 aromatic rings. The van der Waals surface area contributed by atoms with Crippen LogP contribution >= 0.6 is 11.6 Å². The van der Waals surface area contributed by atoms with Crippen molar-refractivity contribution in [2.24, 2.45) is 0 Å². The molecule has 148 valence electrons. The standard InChI is InChI=1S/C17H13ClF3N3O3S/c1-28(26,27)16-23-13-4-2-3-5-14(13)24(16)9-15(25)22-10-6-7-12(18)11(8-10)17(19,20)21/h2-8H,9H2,1H3,(H,22,25). The molecule has 1 N–H and O–H groups in total. The van der Waals surface area contributed by atoms with E-state index >= 15 is 0 Å². The molecular weight excluding hydrogens is 419 g/mol. The summed E-state index contributed by atoms with van der Waals surface area (Å²) in [6.07, 6.45) is -3.72. The van der Waals surface area contributed by atoms with Crippen molar-refractivity contribution >= 4 is 44.1 Å². The molecule has 0 saturated heterocycles. The van der Waals surface area contributed by atoms with Crippen LogP contribution in [0.15, 0.2) is 47.6 Å². The van der Waals surface area contributed by atoms with Crippen LogP contribution in [0.3, 0.4) is 0 Å². The summed E-state index contributed by atoms with van der Waals surface area (Å²) in [7, 11) is -3.74. The van der Waals surface area contributed by atoms with E-state index in [1.165, 1.54) is 10.6 Å². The fourth-order valence-corrected chi connectivity index (χ4v) is 3.71. The van der Waals surface area contributed by atoms with Gasteiger partial charge in [-0.1, -0.05) is 23.7 Å². The minimum atomic E-state index is -4.68. The quantitative estimate of drug-likeness (QED) is 0.682. The second kappa shape index (κ2) is 7.10. The lowest BCUT2D eigenvalue weighted by molar-refractivity contribution is -0.137. The Labute approximate surface area is 162 Å². The molecule has 0 atom stereocenters. The predicted octanol–water partition coefficient (Wildman–Crippen LogP) is 3.75. The maximum absolute atomic E-state index is 13.0. The van der Waals surface area contributed by atoms with E-state index in [9.17, 15) is 26.4 Å². The molecule has 0 spiro atoms. The lowest BCUT2D eigenvalue weighted by Gasteiger charge is -2.12. The molecule has 0 radical (unpaired) electrons. The van der Waals surface area contributed by atoms with Crippen molar-refractivity contribution in [2.75, 3.05) is 11.6 Å². The van der Waals surface area contributed by atoms with Gasteiger partial charge in [0.1, 0.15) is 6.54 Å². The molecule has 0 saturated carbocycles. The topological polar surface area (TPSA) is 81.1 Å². The smallest absolute Gasteiger partial charge is 0.325 e. The number of sulfone groups is 1. The number of para-hydroxylation sites is 2. The van der Waals surface area contributed by atoms with Crippen LogP contribution in [0.25, 0.3) is 11.0 Å². The number of amides is 1. The molecule has 0 aliphatic rings. The Morgan fingerprint density at radius 1 is 1.21 bits per heavy atom. The number of aromatic nitrogens is 2. The summed E-state index contributed by atoms with van der Waals surface area (Å²) in [5.74, 6) is -0.719. The Kier molecular flexibility index (Phi) is 5.11. The van der Waals surface area contributed by atoms with Gasteiger partial charge in [-0.25, -0.2) is 13.4 Å². The van der Waals surface area contributed by atoms with E-state index < -0.39 is 39.1 Å². The monoisotopic (exact) mass is 431 g/mol. The van der Waals surface area contributed by atoms with Gasteiger partial charge in [0.05, 0.1) is 21.6 Å². The Morgan fingerprint density at radius 2 is 1.89 bits per heavy atom. The summed E-state index contributed by atoms with van der Waals surface area (Å²) in [5.41, 5.74) is -0.421. The maximum atomic E-state index is 13.0. The molecule has 3 rings (SSSR count). The second-order valence-corrected chi connectivity index (χ2v) is 8.30. The highest BCUT2D eigenvalue weighted by Gasteiger charge is 2.33. The number of alkyl halides is 3. The van der Waals surface area contributed by atoms with Gasteiger partial charge in [0.25, 0.3) is 0 Å². The van der Waals surface area contributed by atoms with Crippen molar-refractivity contribution in [3.8, 4) is 0 Å². The Morgan fingerprint density at radius 3 is 2.54 bits per heavy atom. The Bertz CT molecular complexity index is 1170. The molecule has 11 heteroatoms. The van der Waals surface area contributed by atoms with Crippen LogP contribution < -0.4 is 5.32 Å². The summed E-state index contributed by atoms with van der Waals surface area (Å²) >= 11 is 5.56. The van der Waals surface area contributed by atoms with E-state index in [-0.39, 0.29) is 10.8 Å². The molecule has 0 aliphatic heterocycles. The first-order chi connectivity index (χ1) is 13.0. The minimum Gasteiger partial charge on any atom is -0.325 e. The molecule has 28 heavy (non-hydrogen) atoms. The van der Waals surface area contributed by atoms with Crippen LogP contribution in [-0.4, -0.2) is 30.1 Å². The highest BCUT2D eigenvalue weighted by atomic mass is 35.5. The first-order valence-corrected chi connectivity index (χ1v) is 10.1. The van der Waals surface area contributed by atoms with Gasteiger partial charge in [0.15, 0.2) is 0 Å². The number of rotatable bonds is 4. The summed E-state index contributed by atoms with van der Waals surface area (Å²) in [6.45, 7) is -0.451. The molecule has 0 bridgehead atoms. The van der Waals surface area contributed by atoms with Crippen molar-refractivity contribution in [3.63, 3.8) is 0 Å². The number of nitrogens with one attached hydrogen (secondary N) is 1. The summed E-state index contributed by atoms with van der Waals surface area (Å²) < 4.78 is 64.1. The van der Waals surface area contributed by atoms with Gasteiger partial charge < -0.3 is 9.88 Å². The number of halogens is 4. The van der Waals surface area contributed by atoms with Gasteiger partial charge in [0.2, 0.25) is 20.9 Å². The third-order valence-corrected chi connectivity index (χ3v) is 5.11. The molecule has 1 heterocycles. The molecular formula is C17H13ClF3N3O3S. The van der Waals surface area contributed by atoms with E-state index in [0.29, 0.717) is 17.1 Å². The van der Waals surface area contributed by atoms with Gasteiger partial charge in [-0.05, 0) is 30.3 Å². The summed E-state index contributed by atoms with van der Waals surface area (Å²) in [4.78, 5) is 16.4. The number of carbonyl (C=O) groups excluding carboxylic acids is 1. The molecule has 2 aromatic carbocycles. The van der Waals surface area contributed by atoms with Crippen molar-refractivity contribution < 1.29 is 26.4 Å². The van der Waals surface area contributed by atoms with Crippen LogP contribution in [0, 0.1) is 0 Å². The fraction of sp³-hybridized carbons (Fsp3) is 0.176. The van der Waals surface area contributed by atoms with Gasteiger partial charge in [-0.2, -0.15) is 13.2 Å².